The lowest BCUT2D eigenvalue weighted by Gasteiger charge is -2.08. The van der Waals surface area contributed by atoms with Gasteiger partial charge in [0.25, 0.3) is 5.91 Å². The van der Waals surface area contributed by atoms with Crippen LogP contribution in [0.15, 0.2) is 42.5 Å². The molecule has 1 aromatic heterocycles. The molecule has 0 unspecified atom stereocenters. The molecule has 6 nitrogen and oxygen atoms in total. The third-order valence-corrected chi connectivity index (χ3v) is 5.43. The Morgan fingerprint density at radius 2 is 1.82 bits per heavy atom. The molecule has 3 aromatic rings. The van der Waals surface area contributed by atoms with Crippen LogP contribution in [-0.2, 0) is 6.54 Å². The number of carbonyl (C=O) groups is 1. The number of aromatic nitrogens is 1. The summed E-state index contributed by atoms with van der Waals surface area (Å²) in [6.45, 7) is 2.25. The lowest BCUT2D eigenvalue weighted by Crippen LogP contribution is -2.22. The molecule has 0 fully saturated rings. The summed E-state index contributed by atoms with van der Waals surface area (Å²) in [5, 5.41) is 3.70. The third kappa shape index (κ3) is 4.26. The van der Waals surface area contributed by atoms with Crippen LogP contribution >= 0.6 is 11.3 Å². The maximum Gasteiger partial charge on any atom is 0.263 e. The van der Waals surface area contributed by atoms with Gasteiger partial charge in [0.2, 0.25) is 0 Å². The van der Waals surface area contributed by atoms with Gasteiger partial charge >= 0.3 is 0 Å². The first-order valence-electron chi connectivity index (χ1n) is 8.66. The van der Waals surface area contributed by atoms with Crippen LogP contribution < -0.4 is 19.5 Å². The number of amides is 1. The molecule has 0 aliphatic heterocycles. The van der Waals surface area contributed by atoms with Crippen molar-refractivity contribution in [3.63, 3.8) is 0 Å². The highest BCUT2D eigenvalue weighted by atomic mass is 32.1. The van der Waals surface area contributed by atoms with E-state index in [2.05, 4.69) is 10.3 Å². The summed E-state index contributed by atoms with van der Waals surface area (Å²) in [5.74, 6) is 1.88. The minimum absolute atomic E-state index is 0.149. The van der Waals surface area contributed by atoms with Crippen LogP contribution in [0.5, 0.6) is 17.2 Å². The van der Waals surface area contributed by atoms with E-state index in [9.17, 15) is 4.79 Å². The number of nitrogens with zero attached hydrogens (tertiary/aromatic N) is 1. The zero-order valence-electron chi connectivity index (χ0n) is 16.2. The largest absolute Gasteiger partial charge is 0.497 e. The van der Waals surface area contributed by atoms with Crippen LogP contribution in [0.4, 0.5) is 0 Å². The van der Waals surface area contributed by atoms with E-state index in [1.807, 2.05) is 49.4 Å². The van der Waals surface area contributed by atoms with Gasteiger partial charge in [0.15, 0.2) is 11.5 Å². The molecule has 3 rings (SSSR count). The molecule has 0 bridgehead atoms. The van der Waals surface area contributed by atoms with E-state index in [-0.39, 0.29) is 5.91 Å². The van der Waals surface area contributed by atoms with E-state index < -0.39 is 0 Å². The fourth-order valence-electron chi connectivity index (χ4n) is 2.74. The number of aryl methyl sites for hydroxylation is 1. The topological polar surface area (TPSA) is 69.7 Å². The van der Waals surface area contributed by atoms with Crippen LogP contribution in [-0.4, -0.2) is 32.2 Å². The van der Waals surface area contributed by atoms with Crippen LogP contribution in [0.25, 0.3) is 10.6 Å². The van der Waals surface area contributed by atoms with Gasteiger partial charge < -0.3 is 19.5 Å². The van der Waals surface area contributed by atoms with E-state index in [4.69, 9.17) is 14.2 Å². The smallest absolute Gasteiger partial charge is 0.263 e. The zero-order valence-corrected chi connectivity index (χ0v) is 17.1. The lowest BCUT2D eigenvalue weighted by atomic mass is 10.2. The van der Waals surface area contributed by atoms with E-state index in [0.29, 0.717) is 28.6 Å². The fourth-order valence-corrected chi connectivity index (χ4v) is 3.72. The van der Waals surface area contributed by atoms with Gasteiger partial charge in [-0.05, 0) is 42.8 Å². The molecule has 2 aromatic carbocycles. The summed E-state index contributed by atoms with van der Waals surface area (Å²) in [6, 6.07) is 13.2. The number of ether oxygens (including phenoxy) is 3. The lowest BCUT2D eigenvalue weighted by molar-refractivity contribution is 0.0954. The number of rotatable bonds is 7. The third-order valence-electron chi connectivity index (χ3n) is 4.22. The monoisotopic (exact) mass is 398 g/mol. The van der Waals surface area contributed by atoms with E-state index in [1.54, 1.807) is 21.3 Å². The second-order valence-corrected chi connectivity index (χ2v) is 7.04. The standard InChI is InChI=1S/C21H22N2O4S/c1-13-19(20(24)22-12-14-6-5-7-16(10-14)25-2)28-21(23-13)15-8-9-17(26-3)18(11-15)27-4/h5-11H,12H2,1-4H3,(H,22,24). The first-order valence-corrected chi connectivity index (χ1v) is 9.48. The van der Waals surface area contributed by atoms with Gasteiger partial charge in [-0.2, -0.15) is 0 Å². The van der Waals surface area contributed by atoms with Crippen molar-refractivity contribution >= 4 is 17.2 Å². The molecule has 28 heavy (non-hydrogen) atoms. The summed E-state index contributed by atoms with van der Waals surface area (Å²) < 4.78 is 15.8. The summed E-state index contributed by atoms with van der Waals surface area (Å²) >= 11 is 1.35. The Morgan fingerprint density at radius 1 is 1.04 bits per heavy atom. The predicted molar refractivity (Wildman–Crippen MR) is 110 cm³/mol. The minimum atomic E-state index is -0.149. The van der Waals surface area contributed by atoms with Gasteiger partial charge in [0.05, 0.1) is 27.0 Å². The Labute approximate surface area is 168 Å². The van der Waals surface area contributed by atoms with Crippen LogP contribution in [0.1, 0.15) is 20.9 Å². The van der Waals surface area contributed by atoms with E-state index in [0.717, 1.165) is 21.9 Å². The molecule has 1 heterocycles. The molecule has 0 atom stereocenters. The number of hydrogen-bond acceptors (Lipinski definition) is 6. The maximum absolute atomic E-state index is 12.6. The Kier molecular flexibility index (Phi) is 6.16. The average Bonchev–Trinajstić information content (AvgIpc) is 3.13. The van der Waals surface area contributed by atoms with Gasteiger partial charge in [0.1, 0.15) is 15.6 Å². The van der Waals surface area contributed by atoms with E-state index in [1.165, 1.54) is 11.3 Å². The molecule has 146 valence electrons. The molecule has 0 radical (unpaired) electrons. The predicted octanol–water partition coefficient (Wildman–Crippen LogP) is 4.07. The van der Waals surface area contributed by atoms with Gasteiger partial charge in [0, 0.05) is 12.1 Å². The van der Waals surface area contributed by atoms with Crippen LogP contribution in [0.3, 0.4) is 0 Å². The SMILES string of the molecule is COc1cccc(CNC(=O)c2sc(-c3ccc(OC)c(OC)c3)nc2C)c1. The Hall–Kier alpha value is -3.06. The van der Waals surface area contributed by atoms with Crippen molar-refractivity contribution in [2.75, 3.05) is 21.3 Å². The average molecular weight is 398 g/mol. The quantitative estimate of drug-likeness (QED) is 0.650. The number of thiazole rings is 1. The molecule has 7 heteroatoms. The second kappa shape index (κ2) is 8.75. The van der Waals surface area contributed by atoms with Crippen molar-refractivity contribution < 1.29 is 19.0 Å². The summed E-state index contributed by atoms with van der Waals surface area (Å²) in [4.78, 5) is 17.8. The molecule has 1 N–H and O–H groups in total. The minimum Gasteiger partial charge on any atom is -0.497 e. The van der Waals surface area contributed by atoms with Crippen molar-refractivity contribution in [2.45, 2.75) is 13.5 Å². The van der Waals surface area contributed by atoms with E-state index >= 15 is 0 Å². The summed E-state index contributed by atoms with van der Waals surface area (Å²) in [7, 11) is 4.80. The normalized spacial score (nSPS) is 10.4. The highest BCUT2D eigenvalue weighted by Crippen LogP contribution is 2.35. The highest BCUT2D eigenvalue weighted by molar-refractivity contribution is 7.17. The second-order valence-electron chi connectivity index (χ2n) is 6.04. The van der Waals surface area contributed by atoms with Crippen molar-refractivity contribution in [1.82, 2.24) is 10.3 Å². The summed E-state index contributed by atoms with van der Waals surface area (Å²) in [6.07, 6.45) is 0. The van der Waals surface area contributed by atoms with Crippen molar-refractivity contribution in [3.8, 4) is 27.8 Å². The molecule has 0 aliphatic carbocycles. The van der Waals surface area contributed by atoms with Gasteiger partial charge in [-0.25, -0.2) is 4.98 Å². The first kappa shape index (κ1) is 19.7. The molecular weight excluding hydrogens is 376 g/mol. The number of benzene rings is 2. The maximum atomic E-state index is 12.6. The van der Waals surface area contributed by atoms with Crippen molar-refractivity contribution in [1.29, 1.82) is 0 Å². The van der Waals surface area contributed by atoms with Gasteiger partial charge in [-0.15, -0.1) is 11.3 Å². The van der Waals surface area contributed by atoms with Crippen LogP contribution in [0.2, 0.25) is 0 Å². The Balaban J connectivity index is 1.77. The Bertz CT molecular complexity index is 984. The van der Waals surface area contributed by atoms with Gasteiger partial charge in [-0.3, -0.25) is 4.79 Å². The number of hydrogen-bond donors (Lipinski definition) is 1. The fraction of sp³-hybridized carbons (Fsp3) is 0.238. The molecule has 0 saturated heterocycles. The summed E-state index contributed by atoms with van der Waals surface area (Å²) in [5.41, 5.74) is 2.53. The molecular formula is C21H22N2O4S. The number of methoxy groups -OCH3 is 3. The number of nitrogens with one attached hydrogen (secondary N) is 1. The van der Waals surface area contributed by atoms with Crippen LogP contribution in [0, 0.1) is 6.92 Å². The zero-order chi connectivity index (χ0) is 20.1. The Morgan fingerprint density at radius 3 is 2.54 bits per heavy atom. The van der Waals surface area contributed by atoms with Crippen molar-refractivity contribution in [2.24, 2.45) is 0 Å². The highest BCUT2D eigenvalue weighted by Gasteiger charge is 2.17. The molecule has 1 amide bonds. The first-order chi connectivity index (χ1) is 13.5. The molecule has 0 spiro atoms. The molecule has 0 saturated carbocycles. The van der Waals surface area contributed by atoms with Crippen molar-refractivity contribution in [3.05, 3.63) is 58.6 Å². The molecule has 0 aliphatic rings. The van der Waals surface area contributed by atoms with Gasteiger partial charge in [-0.1, -0.05) is 12.1 Å². The number of carbonyl (C=O) groups excluding carboxylic acids is 1.